The van der Waals surface area contributed by atoms with Crippen LogP contribution in [-0.4, -0.2) is 72.3 Å². The van der Waals surface area contributed by atoms with Crippen LogP contribution in [0.3, 0.4) is 0 Å². The van der Waals surface area contributed by atoms with Gasteiger partial charge in [-0.3, -0.25) is 15.0 Å². The van der Waals surface area contributed by atoms with Crippen molar-refractivity contribution in [3.63, 3.8) is 0 Å². The number of nitrogens with zero attached hydrogens (tertiary/aromatic N) is 4. The molecule has 2 aromatic rings. The zero-order chi connectivity index (χ0) is 18.4. The maximum atomic E-state index is 12.3. The highest BCUT2D eigenvalue weighted by molar-refractivity contribution is 5.90. The highest BCUT2D eigenvalue weighted by Gasteiger charge is 2.18. The number of carbonyl (C=O) groups is 1. The Labute approximate surface area is 153 Å². The van der Waals surface area contributed by atoms with Crippen LogP contribution < -0.4 is 10.1 Å². The minimum Gasteiger partial charge on any atom is -0.493 e. The predicted molar refractivity (Wildman–Crippen MR) is 98.1 cm³/mol. The van der Waals surface area contributed by atoms with Crippen LogP contribution in [0.1, 0.15) is 13.3 Å². The lowest BCUT2D eigenvalue weighted by Crippen LogP contribution is -2.35. The summed E-state index contributed by atoms with van der Waals surface area (Å²) in [6.45, 7) is 6.59. The van der Waals surface area contributed by atoms with Crippen LogP contribution in [0.25, 0.3) is 11.5 Å². The SMILES string of the molecule is CCOc1ccccc1-c1nnc(NC(=O)CN2CCCN(C)CC2)o1. The highest BCUT2D eigenvalue weighted by atomic mass is 16.5. The van der Waals surface area contributed by atoms with Crippen LogP contribution in [0.15, 0.2) is 28.7 Å². The Balaban J connectivity index is 1.61. The van der Waals surface area contributed by atoms with E-state index >= 15 is 0 Å². The molecule has 0 radical (unpaired) electrons. The number of hydrogen-bond acceptors (Lipinski definition) is 7. The molecule has 0 atom stereocenters. The molecule has 8 nitrogen and oxygen atoms in total. The Morgan fingerprint density at radius 3 is 2.92 bits per heavy atom. The van der Waals surface area contributed by atoms with E-state index in [9.17, 15) is 4.79 Å². The van der Waals surface area contributed by atoms with E-state index in [-0.39, 0.29) is 11.9 Å². The van der Waals surface area contributed by atoms with Gasteiger partial charge < -0.3 is 14.1 Å². The maximum absolute atomic E-state index is 12.3. The summed E-state index contributed by atoms with van der Waals surface area (Å²) in [5, 5.41) is 10.6. The van der Waals surface area contributed by atoms with E-state index in [0.717, 1.165) is 32.6 Å². The number of carbonyl (C=O) groups excluding carboxylic acids is 1. The molecule has 1 fully saturated rings. The van der Waals surface area contributed by atoms with Crippen LogP contribution in [0.2, 0.25) is 0 Å². The first kappa shape index (κ1) is 18.3. The van der Waals surface area contributed by atoms with Crippen LogP contribution in [0.5, 0.6) is 5.75 Å². The van der Waals surface area contributed by atoms with Crippen molar-refractivity contribution in [1.82, 2.24) is 20.0 Å². The number of rotatable bonds is 6. The van der Waals surface area contributed by atoms with Crippen molar-refractivity contribution in [3.8, 4) is 17.2 Å². The number of amides is 1. The molecule has 1 aromatic heterocycles. The number of para-hydroxylation sites is 1. The fourth-order valence-electron chi connectivity index (χ4n) is 2.93. The van der Waals surface area contributed by atoms with Gasteiger partial charge in [-0.05, 0) is 45.6 Å². The molecule has 0 unspecified atom stereocenters. The third-order valence-corrected chi connectivity index (χ3v) is 4.27. The van der Waals surface area contributed by atoms with Crippen molar-refractivity contribution < 1.29 is 13.9 Å². The molecule has 1 N–H and O–H groups in total. The quantitative estimate of drug-likeness (QED) is 0.840. The first-order chi connectivity index (χ1) is 12.7. The molecule has 1 amide bonds. The van der Waals surface area contributed by atoms with E-state index in [1.54, 1.807) is 0 Å². The van der Waals surface area contributed by atoms with E-state index in [0.29, 0.717) is 30.4 Å². The fourth-order valence-corrected chi connectivity index (χ4v) is 2.93. The van der Waals surface area contributed by atoms with Crippen molar-refractivity contribution >= 4 is 11.9 Å². The van der Waals surface area contributed by atoms with Gasteiger partial charge in [-0.1, -0.05) is 17.2 Å². The summed E-state index contributed by atoms with van der Waals surface area (Å²) in [5.41, 5.74) is 0.706. The summed E-state index contributed by atoms with van der Waals surface area (Å²) in [5.74, 6) is 0.841. The molecular formula is C18H25N5O3. The van der Waals surface area contributed by atoms with Crippen LogP contribution >= 0.6 is 0 Å². The molecular weight excluding hydrogens is 334 g/mol. The molecule has 3 rings (SSSR count). The van der Waals surface area contributed by atoms with Gasteiger partial charge in [-0.2, -0.15) is 0 Å². The molecule has 8 heteroatoms. The Bertz CT molecular complexity index is 733. The Morgan fingerprint density at radius 1 is 1.23 bits per heavy atom. The second-order valence-corrected chi connectivity index (χ2v) is 6.32. The summed E-state index contributed by atoms with van der Waals surface area (Å²) in [7, 11) is 2.10. The molecule has 0 saturated carbocycles. The van der Waals surface area contributed by atoms with Gasteiger partial charge in [0.2, 0.25) is 5.91 Å². The van der Waals surface area contributed by atoms with Crippen molar-refractivity contribution in [2.75, 3.05) is 51.7 Å². The van der Waals surface area contributed by atoms with Gasteiger partial charge in [0.05, 0.1) is 18.7 Å². The number of likely N-dealkylation sites (N-methyl/N-ethyl adjacent to an activating group) is 1. The average Bonchev–Trinajstić information content (AvgIpc) is 2.98. The number of hydrogen-bond donors (Lipinski definition) is 1. The predicted octanol–water partition coefficient (Wildman–Crippen LogP) is 1.71. The van der Waals surface area contributed by atoms with E-state index in [2.05, 4.69) is 32.4 Å². The van der Waals surface area contributed by atoms with Crippen molar-refractivity contribution in [2.24, 2.45) is 0 Å². The first-order valence-corrected chi connectivity index (χ1v) is 8.92. The molecule has 1 aliphatic heterocycles. The lowest BCUT2D eigenvalue weighted by Gasteiger charge is -2.18. The number of benzene rings is 1. The zero-order valence-corrected chi connectivity index (χ0v) is 15.3. The van der Waals surface area contributed by atoms with Crippen LogP contribution in [0, 0.1) is 0 Å². The third-order valence-electron chi connectivity index (χ3n) is 4.27. The Morgan fingerprint density at radius 2 is 2.08 bits per heavy atom. The standard InChI is InChI=1S/C18H25N5O3/c1-3-25-15-8-5-4-7-14(15)17-20-21-18(26-17)19-16(24)13-23-10-6-9-22(2)11-12-23/h4-5,7-8H,3,6,9-13H2,1-2H3,(H,19,21,24). The van der Waals surface area contributed by atoms with Gasteiger partial charge in [0, 0.05) is 13.1 Å². The normalized spacial score (nSPS) is 16.2. The van der Waals surface area contributed by atoms with E-state index in [1.807, 2.05) is 31.2 Å². The molecule has 0 bridgehead atoms. The van der Waals surface area contributed by atoms with E-state index in [4.69, 9.17) is 9.15 Å². The zero-order valence-electron chi connectivity index (χ0n) is 15.3. The van der Waals surface area contributed by atoms with Crippen LogP contribution in [-0.2, 0) is 4.79 Å². The van der Waals surface area contributed by atoms with Gasteiger partial charge in [-0.15, -0.1) is 5.10 Å². The van der Waals surface area contributed by atoms with Gasteiger partial charge in [0.15, 0.2) is 0 Å². The van der Waals surface area contributed by atoms with Gasteiger partial charge in [-0.25, -0.2) is 0 Å². The summed E-state index contributed by atoms with van der Waals surface area (Å²) >= 11 is 0. The number of nitrogens with one attached hydrogen (secondary N) is 1. The van der Waals surface area contributed by atoms with E-state index < -0.39 is 0 Å². The third kappa shape index (κ3) is 4.80. The average molecular weight is 359 g/mol. The van der Waals surface area contributed by atoms with Gasteiger partial charge in [0.25, 0.3) is 5.89 Å². The van der Waals surface area contributed by atoms with Crippen molar-refractivity contribution in [3.05, 3.63) is 24.3 Å². The molecule has 2 heterocycles. The van der Waals surface area contributed by atoms with Gasteiger partial charge in [0.1, 0.15) is 5.75 Å². The number of anilines is 1. The topological polar surface area (TPSA) is 83.7 Å². The monoisotopic (exact) mass is 359 g/mol. The lowest BCUT2D eigenvalue weighted by atomic mass is 10.2. The smallest absolute Gasteiger partial charge is 0.322 e. The second-order valence-electron chi connectivity index (χ2n) is 6.32. The molecule has 26 heavy (non-hydrogen) atoms. The molecule has 0 aliphatic carbocycles. The van der Waals surface area contributed by atoms with Crippen LogP contribution in [0.4, 0.5) is 6.01 Å². The Hall–Kier alpha value is -2.45. The summed E-state index contributed by atoms with van der Waals surface area (Å²) in [6.07, 6.45) is 1.06. The molecule has 0 spiro atoms. The summed E-state index contributed by atoms with van der Waals surface area (Å²) < 4.78 is 11.2. The number of aromatic nitrogens is 2. The summed E-state index contributed by atoms with van der Waals surface area (Å²) in [6, 6.07) is 7.54. The molecule has 140 valence electrons. The van der Waals surface area contributed by atoms with Crippen molar-refractivity contribution in [1.29, 1.82) is 0 Å². The van der Waals surface area contributed by atoms with Gasteiger partial charge >= 0.3 is 6.01 Å². The molecule has 1 aromatic carbocycles. The second kappa shape index (κ2) is 8.77. The summed E-state index contributed by atoms with van der Waals surface area (Å²) in [4.78, 5) is 16.7. The minimum absolute atomic E-state index is 0.100. The maximum Gasteiger partial charge on any atom is 0.322 e. The number of ether oxygens (including phenoxy) is 1. The minimum atomic E-state index is -0.150. The molecule has 1 aliphatic rings. The fraction of sp³-hybridized carbons (Fsp3) is 0.500. The highest BCUT2D eigenvalue weighted by Crippen LogP contribution is 2.29. The Kier molecular flexibility index (Phi) is 6.19. The van der Waals surface area contributed by atoms with Crippen molar-refractivity contribution in [2.45, 2.75) is 13.3 Å². The lowest BCUT2D eigenvalue weighted by molar-refractivity contribution is -0.117. The largest absolute Gasteiger partial charge is 0.493 e. The first-order valence-electron chi connectivity index (χ1n) is 8.92. The van der Waals surface area contributed by atoms with E-state index in [1.165, 1.54) is 0 Å². The molecule has 1 saturated heterocycles.